The minimum atomic E-state index is -1.50. The maximum absolute atomic E-state index is 13.5. The number of amides is 1. The van der Waals surface area contributed by atoms with E-state index in [1.165, 1.54) is 11.1 Å². The number of carbonyl (C=O) groups is 1. The van der Waals surface area contributed by atoms with E-state index in [0.717, 1.165) is 74.5 Å². The van der Waals surface area contributed by atoms with Crippen LogP contribution in [0.3, 0.4) is 0 Å². The zero-order chi connectivity index (χ0) is 33.1. The minimum absolute atomic E-state index is 0.136. The van der Waals surface area contributed by atoms with Gasteiger partial charge in [-0.05, 0) is 105 Å². The molecule has 0 aromatic heterocycles. The van der Waals surface area contributed by atoms with E-state index in [1.807, 2.05) is 32.2 Å². The van der Waals surface area contributed by atoms with Crippen LogP contribution in [0.4, 0.5) is 5.69 Å². The molecule has 2 aromatic rings. The Balaban J connectivity index is 1.35. The summed E-state index contributed by atoms with van der Waals surface area (Å²) in [5, 5.41) is 3.88. The molecule has 4 aliphatic rings. The van der Waals surface area contributed by atoms with Crippen molar-refractivity contribution < 1.29 is 23.2 Å². The number of fused-ring (bicyclic) bond motifs is 2. The molecule has 1 saturated carbocycles. The molecule has 2 bridgehead atoms. The summed E-state index contributed by atoms with van der Waals surface area (Å²) in [6.07, 6.45) is 7.04. The smallest absolute Gasteiger partial charge is 0.263 e. The fourth-order valence-electron chi connectivity index (χ4n) is 7.97. The lowest BCUT2D eigenvalue weighted by Gasteiger charge is -2.48. The first kappa shape index (κ1) is 34.7. The van der Waals surface area contributed by atoms with Gasteiger partial charge in [0.2, 0.25) is 0 Å². The van der Waals surface area contributed by atoms with Crippen molar-refractivity contribution in [3.63, 3.8) is 0 Å². The van der Waals surface area contributed by atoms with Gasteiger partial charge in [-0.25, -0.2) is 4.21 Å². The molecule has 2 N–H and O–H groups in total. The van der Waals surface area contributed by atoms with Gasteiger partial charge in [0.05, 0.1) is 36.8 Å². The molecule has 6 rings (SSSR count). The minimum Gasteiger partial charge on any atom is -0.491 e. The third kappa shape index (κ3) is 7.85. The van der Waals surface area contributed by atoms with Gasteiger partial charge in [0, 0.05) is 35.5 Å². The number of carbonyl (C=O) groups excluding carboxylic acids is 1. The molecule has 1 amide bonds. The normalized spacial score (nSPS) is 33.5. The summed E-state index contributed by atoms with van der Waals surface area (Å²) >= 11 is 6.46. The van der Waals surface area contributed by atoms with Crippen molar-refractivity contribution in [1.82, 2.24) is 10.0 Å². The van der Waals surface area contributed by atoms with Gasteiger partial charge < -0.3 is 24.4 Å². The van der Waals surface area contributed by atoms with Crippen LogP contribution in [0.25, 0.3) is 0 Å². The number of halogens is 1. The average Bonchev–Trinajstić information content (AvgIpc) is 3.24. The van der Waals surface area contributed by atoms with Crippen molar-refractivity contribution in [2.24, 2.45) is 23.7 Å². The Bertz CT molecular complexity index is 1420. The molecule has 258 valence electrons. The summed E-state index contributed by atoms with van der Waals surface area (Å²) in [5.74, 6) is 2.04. The van der Waals surface area contributed by atoms with Crippen LogP contribution in [0.2, 0.25) is 5.02 Å². The lowest BCUT2D eigenvalue weighted by molar-refractivity contribution is -0.231. The highest BCUT2D eigenvalue weighted by Gasteiger charge is 2.44. The van der Waals surface area contributed by atoms with Crippen molar-refractivity contribution in [3.8, 4) is 5.75 Å². The van der Waals surface area contributed by atoms with Crippen LogP contribution in [-0.2, 0) is 26.9 Å². The Morgan fingerprint density at radius 2 is 1.81 bits per heavy atom. The number of nitrogens with one attached hydrogen (secondary N) is 2. The average molecular weight is 686 g/mol. The summed E-state index contributed by atoms with van der Waals surface area (Å²) in [6.45, 7) is 9.80. The zero-order valence-corrected chi connectivity index (χ0v) is 29.9. The van der Waals surface area contributed by atoms with E-state index in [0.29, 0.717) is 43.1 Å². The number of hydrogen-bond donors (Lipinski definition) is 2. The number of hydrogen-bond acceptors (Lipinski definition) is 7. The highest BCUT2D eigenvalue weighted by atomic mass is 35.5. The SMILES string of the molecule is CCCc1cc(Cl)ccc1C1COc2ccc3cc2N(C1)CC1CCC1C(C1OCC(NC)CO1)CCCC(C)C(C)S(=O)NC3=O. The second-order valence-corrected chi connectivity index (χ2v) is 16.2. The van der Waals surface area contributed by atoms with E-state index < -0.39 is 11.0 Å². The van der Waals surface area contributed by atoms with E-state index in [-0.39, 0.29) is 35.3 Å². The molecule has 0 radical (unpaired) electrons. The number of aryl methyl sites for hydroxylation is 1. The van der Waals surface area contributed by atoms with Gasteiger partial charge in [0.25, 0.3) is 5.91 Å². The monoisotopic (exact) mass is 685 g/mol. The Morgan fingerprint density at radius 1 is 1.00 bits per heavy atom. The van der Waals surface area contributed by atoms with E-state index >= 15 is 0 Å². The Morgan fingerprint density at radius 3 is 2.53 bits per heavy atom. The molecule has 7 unspecified atom stereocenters. The lowest BCUT2D eigenvalue weighted by atomic mass is 9.65. The molecular weight excluding hydrogens is 634 g/mol. The fraction of sp³-hybridized carbons (Fsp3) is 0.649. The summed E-state index contributed by atoms with van der Waals surface area (Å²) in [5.41, 5.74) is 3.97. The van der Waals surface area contributed by atoms with Crippen LogP contribution in [0, 0.1) is 23.7 Å². The summed E-state index contributed by atoms with van der Waals surface area (Å²) < 4.78 is 35.5. The number of likely N-dealkylation sites (N-methyl/N-ethyl adjacent to an activating group) is 1. The van der Waals surface area contributed by atoms with Gasteiger partial charge in [0.1, 0.15) is 16.7 Å². The highest BCUT2D eigenvalue weighted by Crippen LogP contribution is 2.47. The van der Waals surface area contributed by atoms with Crippen molar-refractivity contribution in [1.29, 1.82) is 0 Å². The molecule has 47 heavy (non-hydrogen) atoms. The highest BCUT2D eigenvalue weighted by molar-refractivity contribution is 7.84. The van der Waals surface area contributed by atoms with Crippen molar-refractivity contribution in [2.45, 2.75) is 89.2 Å². The molecular formula is C37H52ClN3O5S. The maximum Gasteiger partial charge on any atom is 0.263 e. The molecule has 2 fully saturated rings. The fourth-order valence-corrected chi connectivity index (χ4v) is 9.21. The van der Waals surface area contributed by atoms with Crippen molar-refractivity contribution >= 4 is 34.2 Å². The maximum atomic E-state index is 13.5. The molecule has 1 aliphatic carbocycles. The van der Waals surface area contributed by atoms with Crippen LogP contribution in [0.1, 0.15) is 86.7 Å². The largest absolute Gasteiger partial charge is 0.491 e. The van der Waals surface area contributed by atoms with Crippen LogP contribution in [0.15, 0.2) is 36.4 Å². The van der Waals surface area contributed by atoms with Gasteiger partial charge in [0.15, 0.2) is 6.29 Å². The number of nitrogens with zero attached hydrogens (tertiary/aromatic N) is 1. The van der Waals surface area contributed by atoms with Crippen LogP contribution in [0.5, 0.6) is 5.75 Å². The summed E-state index contributed by atoms with van der Waals surface area (Å²) in [7, 11) is 0.455. The van der Waals surface area contributed by atoms with Crippen LogP contribution in [-0.4, -0.2) is 67.7 Å². The predicted molar refractivity (Wildman–Crippen MR) is 189 cm³/mol. The zero-order valence-electron chi connectivity index (χ0n) is 28.3. The number of ether oxygens (including phenoxy) is 3. The Labute approximate surface area is 288 Å². The van der Waals surface area contributed by atoms with Gasteiger partial charge in [-0.15, -0.1) is 0 Å². The second kappa shape index (κ2) is 15.6. The molecule has 7 atom stereocenters. The number of anilines is 1. The Kier molecular flexibility index (Phi) is 11.5. The molecule has 3 heterocycles. The van der Waals surface area contributed by atoms with Gasteiger partial charge in [-0.2, -0.15) is 0 Å². The Hall–Kier alpha value is -2.17. The third-order valence-electron chi connectivity index (χ3n) is 11.2. The molecule has 8 nitrogen and oxygen atoms in total. The van der Waals surface area contributed by atoms with Crippen LogP contribution >= 0.6 is 11.6 Å². The topological polar surface area (TPSA) is 89.1 Å². The summed E-state index contributed by atoms with van der Waals surface area (Å²) in [6, 6.07) is 12.1. The number of rotatable bonds is 5. The van der Waals surface area contributed by atoms with Gasteiger partial charge >= 0.3 is 0 Å². The van der Waals surface area contributed by atoms with E-state index in [9.17, 15) is 9.00 Å². The predicted octanol–water partition coefficient (Wildman–Crippen LogP) is 6.48. The van der Waals surface area contributed by atoms with Crippen molar-refractivity contribution in [3.05, 3.63) is 58.1 Å². The molecule has 1 saturated heterocycles. The molecule has 2 aromatic carbocycles. The quantitative estimate of drug-likeness (QED) is 0.373. The standard InChI is InChI=1S/C37H52ClN3O5S/c1-5-7-25-16-29(38)12-14-31(25)28-19-41-18-27-10-13-32(27)33(37-45-21-30(39-4)22-46-37)9-6-8-23(2)24(3)47(43)40-36(42)26-11-15-35(44-20-28)34(41)17-26/h11-12,14-17,23-24,27-28,30,32-33,37,39H,5-10,13,18-22H2,1-4H3,(H,40,42). The molecule has 0 spiro atoms. The van der Waals surface area contributed by atoms with Crippen LogP contribution < -0.4 is 19.7 Å². The first-order valence-electron chi connectivity index (χ1n) is 17.7. The summed E-state index contributed by atoms with van der Waals surface area (Å²) in [4.78, 5) is 15.9. The van der Waals surface area contributed by atoms with E-state index in [2.05, 4.69) is 40.9 Å². The lowest BCUT2D eigenvalue weighted by Crippen LogP contribution is -2.50. The second-order valence-electron chi connectivity index (χ2n) is 14.2. The van der Waals surface area contributed by atoms with E-state index in [1.54, 1.807) is 6.07 Å². The third-order valence-corrected chi connectivity index (χ3v) is 13.0. The molecule has 3 aliphatic heterocycles. The van der Waals surface area contributed by atoms with E-state index in [4.69, 9.17) is 25.8 Å². The van der Waals surface area contributed by atoms with Gasteiger partial charge in [-0.1, -0.05) is 44.4 Å². The van der Waals surface area contributed by atoms with Crippen molar-refractivity contribution in [2.75, 3.05) is 44.9 Å². The molecule has 10 heteroatoms. The van der Waals surface area contributed by atoms with Gasteiger partial charge in [-0.3, -0.25) is 9.52 Å². The first-order valence-corrected chi connectivity index (χ1v) is 19.3. The first-order chi connectivity index (χ1) is 22.7. The number of benzene rings is 2.